The van der Waals surface area contributed by atoms with E-state index in [-0.39, 0.29) is 23.5 Å². The molecule has 0 spiro atoms. The fourth-order valence-electron chi connectivity index (χ4n) is 2.54. The molecule has 1 unspecified atom stereocenters. The highest BCUT2D eigenvalue weighted by Crippen LogP contribution is 2.25. The summed E-state index contributed by atoms with van der Waals surface area (Å²) in [7, 11) is 0. The van der Waals surface area contributed by atoms with E-state index in [1.807, 2.05) is 17.9 Å². The second kappa shape index (κ2) is 6.29. The van der Waals surface area contributed by atoms with Gasteiger partial charge in [-0.2, -0.15) is 0 Å². The van der Waals surface area contributed by atoms with Crippen LogP contribution >= 0.6 is 11.6 Å². The number of hydrogen-bond donors (Lipinski definition) is 1. The van der Waals surface area contributed by atoms with Gasteiger partial charge in [0.1, 0.15) is 5.75 Å². The first kappa shape index (κ1) is 14.2. The smallest absolute Gasteiger partial charge is 0.227 e. The van der Waals surface area contributed by atoms with E-state index in [1.54, 1.807) is 18.2 Å². The standard InChI is InChI=1S/C15H20ClNO2/c1-11(16)12-6-8-17(9-7-12)15(19)10-13-4-2-3-5-14(13)18/h2-5,11-12,18H,6-10H2,1H3. The molecule has 3 nitrogen and oxygen atoms in total. The Balaban J connectivity index is 1.90. The number of nitrogens with zero attached hydrogens (tertiary/aromatic N) is 1. The van der Waals surface area contributed by atoms with Gasteiger partial charge in [-0.15, -0.1) is 11.6 Å². The lowest BCUT2D eigenvalue weighted by Gasteiger charge is -2.33. The first-order valence-corrected chi connectivity index (χ1v) is 7.20. The third-order valence-corrected chi connectivity index (χ3v) is 4.23. The molecule has 0 saturated carbocycles. The number of alkyl halides is 1. The number of phenolic OH excluding ortho intramolecular Hbond substituents is 1. The zero-order valence-electron chi connectivity index (χ0n) is 11.2. The van der Waals surface area contributed by atoms with Gasteiger partial charge in [0.15, 0.2) is 0 Å². The molecule has 1 aliphatic rings. The zero-order valence-corrected chi connectivity index (χ0v) is 11.9. The van der Waals surface area contributed by atoms with Crippen molar-refractivity contribution in [1.29, 1.82) is 0 Å². The quantitative estimate of drug-likeness (QED) is 0.866. The minimum Gasteiger partial charge on any atom is -0.508 e. The maximum atomic E-state index is 12.2. The summed E-state index contributed by atoms with van der Waals surface area (Å²) in [5.74, 6) is 0.790. The fraction of sp³-hybridized carbons (Fsp3) is 0.533. The number of aromatic hydroxyl groups is 1. The van der Waals surface area contributed by atoms with Crippen LogP contribution in [0.4, 0.5) is 0 Å². The number of para-hydroxylation sites is 1. The Hall–Kier alpha value is -1.22. The third kappa shape index (κ3) is 3.63. The first-order chi connectivity index (χ1) is 9.08. The number of benzene rings is 1. The first-order valence-electron chi connectivity index (χ1n) is 6.76. The van der Waals surface area contributed by atoms with Crippen LogP contribution in [-0.4, -0.2) is 34.4 Å². The molecule has 1 fully saturated rings. The molecule has 1 atom stereocenters. The van der Waals surface area contributed by atoms with Crippen molar-refractivity contribution in [2.75, 3.05) is 13.1 Å². The number of piperidine rings is 1. The molecule has 1 amide bonds. The van der Waals surface area contributed by atoms with Crippen molar-refractivity contribution < 1.29 is 9.90 Å². The maximum absolute atomic E-state index is 12.2. The molecule has 0 aliphatic carbocycles. The van der Waals surface area contributed by atoms with Crippen molar-refractivity contribution >= 4 is 17.5 Å². The lowest BCUT2D eigenvalue weighted by atomic mass is 9.93. The van der Waals surface area contributed by atoms with Gasteiger partial charge in [0.25, 0.3) is 0 Å². The molecule has 1 saturated heterocycles. The summed E-state index contributed by atoms with van der Waals surface area (Å²) < 4.78 is 0. The van der Waals surface area contributed by atoms with Crippen molar-refractivity contribution in [3.05, 3.63) is 29.8 Å². The van der Waals surface area contributed by atoms with Crippen LogP contribution in [0.3, 0.4) is 0 Å². The average Bonchev–Trinajstić information content (AvgIpc) is 2.41. The van der Waals surface area contributed by atoms with E-state index in [1.165, 1.54) is 0 Å². The molecule has 19 heavy (non-hydrogen) atoms. The van der Waals surface area contributed by atoms with Gasteiger partial charge < -0.3 is 10.0 Å². The topological polar surface area (TPSA) is 40.5 Å². The van der Waals surface area contributed by atoms with Crippen molar-refractivity contribution in [3.8, 4) is 5.75 Å². The van der Waals surface area contributed by atoms with Gasteiger partial charge in [0.2, 0.25) is 5.91 Å². The largest absolute Gasteiger partial charge is 0.508 e. The summed E-state index contributed by atoms with van der Waals surface area (Å²) >= 11 is 6.10. The summed E-state index contributed by atoms with van der Waals surface area (Å²) in [6.45, 7) is 3.56. The highest BCUT2D eigenvalue weighted by atomic mass is 35.5. The van der Waals surface area contributed by atoms with Gasteiger partial charge in [0, 0.05) is 24.0 Å². The Labute approximate surface area is 119 Å². The number of phenols is 1. The van der Waals surface area contributed by atoms with Crippen LogP contribution in [0.25, 0.3) is 0 Å². The van der Waals surface area contributed by atoms with Crippen LogP contribution in [0, 0.1) is 5.92 Å². The van der Waals surface area contributed by atoms with Crippen LogP contribution in [-0.2, 0) is 11.2 Å². The van der Waals surface area contributed by atoms with Crippen LogP contribution in [0.15, 0.2) is 24.3 Å². The van der Waals surface area contributed by atoms with Crippen molar-refractivity contribution in [2.45, 2.75) is 31.6 Å². The molecule has 104 valence electrons. The summed E-state index contributed by atoms with van der Waals surface area (Å²) in [6, 6.07) is 7.01. The number of rotatable bonds is 3. The molecule has 2 rings (SSSR count). The number of carbonyl (C=O) groups excluding carboxylic acids is 1. The van der Waals surface area contributed by atoms with Gasteiger partial charge in [-0.1, -0.05) is 18.2 Å². The minimum atomic E-state index is 0.0853. The highest BCUT2D eigenvalue weighted by molar-refractivity contribution is 6.20. The normalized spacial score (nSPS) is 18.3. The van der Waals surface area contributed by atoms with Crippen molar-refractivity contribution in [3.63, 3.8) is 0 Å². The number of likely N-dealkylation sites (tertiary alicyclic amines) is 1. The van der Waals surface area contributed by atoms with Crippen LogP contribution in [0.5, 0.6) is 5.75 Å². The molecule has 1 heterocycles. The number of hydrogen-bond acceptors (Lipinski definition) is 2. The summed E-state index contributed by atoms with van der Waals surface area (Å²) in [5, 5.41) is 9.86. The molecule has 0 radical (unpaired) electrons. The van der Waals surface area contributed by atoms with E-state index in [2.05, 4.69) is 0 Å². The molecule has 0 aromatic heterocycles. The Morgan fingerprint density at radius 2 is 2.05 bits per heavy atom. The lowest BCUT2D eigenvalue weighted by molar-refractivity contribution is -0.131. The van der Waals surface area contributed by atoms with Crippen molar-refractivity contribution in [1.82, 2.24) is 4.90 Å². The van der Waals surface area contributed by atoms with E-state index in [9.17, 15) is 9.90 Å². The molecular weight excluding hydrogens is 262 g/mol. The molecule has 1 aliphatic heterocycles. The second-order valence-corrected chi connectivity index (χ2v) is 5.89. The summed E-state index contributed by atoms with van der Waals surface area (Å²) in [4.78, 5) is 14.1. The maximum Gasteiger partial charge on any atom is 0.227 e. The molecule has 0 bridgehead atoms. The van der Waals surface area contributed by atoms with Gasteiger partial charge >= 0.3 is 0 Å². The monoisotopic (exact) mass is 281 g/mol. The van der Waals surface area contributed by atoms with E-state index in [4.69, 9.17) is 11.6 Å². The molecule has 1 N–H and O–H groups in total. The van der Waals surface area contributed by atoms with Crippen LogP contribution in [0.1, 0.15) is 25.3 Å². The molecular formula is C15H20ClNO2. The fourth-order valence-corrected chi connectivity index (χ4v) is 2.80. The Morgan fingerprint density at radius 1 is 1.42 bits per heavy atom. The van der Waals surface area contributed by atoms with Gasteiger partial charge in [0.05, 0.1) is 6.42 Å². The van der Waals surface area contributed by atoms with E-state index in [0.29, 0.717) is 11.5 Å². The summed E-state index contributed by atoms with van der Waals surface area (Å²) in [6.07, 6.45) is 2.21. The molecule has 4 heteroatoms. The van der Waals surface area contributed by atoms with E-state index in [0.717, 1.165) is 25.9 Å². The number of carbonyl (C=O) groups is 1. The van der Waals surface area contributed by atoms with Crippen molar-refractivity contribution in [2.24, 2.45) is 5.92 Å². The Morgan fingerprint density at radius 3 is 2.63 bits per heavy atom. The van der Waals surface area contributed by atoms with Gasteiger partial charge in [-0.3, -0.25) is 4.79 Å². The average molecular weight is 282 g/mol. The van der Waals surface area contributed by atoms with Crippen LogP contribution in [0.2, 0.25) is 0 Å². The predicted molar refractivity (Wildman–Crippen MR) is 76.4 cm³/mol. The van der Waals surface area contributed by atoms with E-state index >= 15 is 0 Å². The zero-order chi connectivity index (χ0) is 13.8. The van der Waals surface area contributed by atoms with Crippen LogP contribution < -0.4 is 0 Å². The van der Waals surface area contributed by atoms with Gasteiger partial charge in [-0.05, 0) is 31.7 Å². The van der Waals surface area contributed by atoms with E-state index < -0.39 is 0 Å². The molecule has 1 aromatic carbocycles. The second-order valence-electron chi connectivity index (χ2n) is 5.20. The Kier molecular flexibility index (Phi) is 4.70. The highest BCUT2D eigenvalue weighted by Gasteiger charge is 2.25. The van der Waals surface area contributed by atoms with Gasteiger partial charge in [-0.25, -0.2) is 0 Å². The third-order valence-electron chi connectivity index (χ3n) is 3.88. The summed E-state index contributed by atoms with van der Waals surface area (Å²) in [5.41, 5.74) is 0.695. The molecule has 1 aromatic rings. The minimum absolute atomic E-state index is 0.0853. The SMILES string of the molecule is CC(Cl)C1CCN(C(=O)Cc2ccccc2O)CC1. The Bertz CT molecular complexity index is 440. The number of amides is 1. The lowest BCUT2D eigenvalue weighted by Crippen LogP contribution is -2.40. The number of halogens is 1. The predicted octanol–water partition coefficient (Wildman–Crippen LogP) is 2.80.